The van der Waals surface area contributed by atoms with E-state index < -0.39 is 0 Å². The number of nitrogens with zero attached hydrogens (tertiary/aromatic N) is 4. The van der Waals surface area contributed by atoms with Crippen LogP contribution in [0.25, 0.3) is 0 Å². The number of piperidine rings is 1. The average Bonchev–Trinajstić information content (AvgIpc) is 3.16. The van der Waals surface area contributed by atoms with Crippen LogP contribution in [0.5, 0.6) is 0 Å². The van der Waals surface area contributed by atoms with Crippen LogP contribution in [0.2, 0.25) is 10.0 Å². The molecule has 2 heterocycles. The quantitative estimate of drug-likeness (QED) is 0.741. The highest BCUT2D eigenvalue weighted by Gasteiger charge is 2.58. The van der Waals surface area contributed by atoms with E-state index in [1.165, 1.54) is 4.90 Å². The molecule has 5 nitrogen and oxygen atoms in total. The molecule has 1 saturated carbocycles. The lowest BCUT2D eigenvalue weighted by atomic mass is 9.99. The molecule has 0 spiro atoms. The molecular weight excluding hydrogens is 323 g/mol. The monoisotopic (exact) mass is 334 g/mol. The van der Waals surface area contributed by atoms with Gasteiger partial charge in [-0.15, -0.1) is 4.99 Å². The van der Waals surface area contributed by atoms with Gasteiger partial charge >= 0.3 is 0 Å². The van der Waals surface area contributed by atoms with E-state index in [-0.39, 0.29) is 11.9 Å². The predicted molar refractivity (Wildman–Crippen MR) is 83.8 cm³/mol. The minimum absolute atomic E-state index is 0.0282. The van der Waals surface area contributed by atoms with Crippen LogP contribution in [0.3, 0.4) is 0 Å². The maximum absolute atomic E-state index is 12.9. The number of nitriles is 1. The van der Waals surface area contributed by atoms with E-state index in [0.717, 1.165) is 19.3 Å². The van der Waals surface area contributed by atoms with Crippen molar-refractivity contribution in [2.24, 2.45) is 10.9 Å². The Labute approximate surface area is 137 Å². The summed E-state index contributed by atoms with van der Waals surface area (Å²) in [4.78, 5) is 20.3. The molecule has 2 saturated heterocycles. The average molecular weight is 335 g/mol. The summed E-state index contributed by atoms with van der Waals surface area (Å²) in [5, 5.41) is 9.82. The van der Waals surface area contributed by atoms with Crippen LogP contribution >= 0.6 is 23.2 Å². The molecule has 2 bridgehead atoms. The summed E-state index contributed by atoms with van der Waals surface area (Å²) in [5.41, 5.74) is 0.599. The molecule has 0 aromatic heterocycles. The normalized spacial score (nSPS) is 31.0. The molecule has 0 N–H and O–H groups in total. The van der Waals surface area contributed by atoms with Crippen LogP contribution in [0.15, 0.2) is 23.2 Å². The highest BCUT2D eigenvalue weighted by molar-refractivity contribution is 6.42. The van der Waals surface area contributed by atoms with Gasteiger partial charge in [-0.3, -0.25) is 4.79 Å². The van der Waals surface area contributed by atoms with Crippen LogP contribution < -0.4 is 4.90 Å². The summed E-state index contributed by atoms with van der Waals surface area (Å²) >= 11 is 12.0. The zero-order chi connectivity index (χ0) is 15.4. The number of hydrogen-bond acceptors (Lipinski definition) is 3. The van der Waals surface area contributed by atoms with Crippen molar-refractivity contribution in [3.05, 3.63) is 28.2 Å². The molecule has 112 valence electrons. The number of anilines is 1. The summed E-state index contributed by atoms with van der Waals surface area (Å²) in [5.74, 6) is 0.747. The van der Waals surface area contributed by atoms with Crippen LogP contribution in [0, 0.1) is 17.4 Å². The van der Waals surface area contributed by atoms with Crippen molar-refractivity contribution < 1.29 is 4.79 Å². The Bertz CT molecular complexity index is 742. The Hall–Kier alpha value is -1.77. The van der Waals surface area contributed by atoms with Gasteiger partial charge in [-0.1, -0.05) is 23.2 Å². The Kier molecular flexibility index (Phi) is 3.07. The zero-order valence-electron chi connectivity index (χ0n) is 11.5. The van der Waals surface area contributed by atoms with Crippen LogP contribution in [-0.2, 0) is 4.79 Å². The second-order valence-electron chi connectivity index (χ2n) is 5.86. The van der Waals surface area contributed by atoms with E-state index in [0.29, 0.717) is 33.7 Å². The number of halogens is 2. The summed E-state index contributed by atoms with van der Waals surface area (Å²) in [6.07, 6.45) is 4.94. The summed E-state index contributed by atoms with van der Waals surface area (Å²) in [7, 11) is 0. The number of fused-ring (bicyclic) bond motifs is 5. The van der Waals surface area contributed by atoms with Gasteiger partial charge in [0.15, 0.2) is 0 Å². The molecule has 1 aliphatic carbocycles. The lowest BCUT2D eigenvalue weighted by molar-refractivity contribution is -0.120. The third-order valence-corrected chi connectivity index (χ3v) is 5.54. The van der Waals surface area contributed by atoms with Crippen LogP contribution in [0.1, 0.15) is 19.3 Å². The predicted octanol–water partition coefficient (Wildman–Crippen LogP) is 3.03. The Balaban J connectivity index is 1.81. The van der Waals surface area contributed by atoms with Gasteiger partial charge in [-0.05, 0) is 43.4 Å². The number of hydrogen-bond donors (Lipinski definition) is 0. The van der Waals surface area contributed by atoms with Crippen LogP contribution in [0.4, 0.5) is 5.69 Å². The highest BCUT2D eigenvalue weighted by atomic mass is 35.5. The van der Waals surface area contributed by atoms with Crippen LogP contribution in [-0.4, -0.2) is 28.9 Å². The van der Waals surface area contributed by atoms with Gasteiger partial charge in [-0.25, -0.2) is 4.90 Å². The molecule has 1 amide bonds. The zero-order valence-corrected chi connectivity index (χ0v) is 13.1. The van der Waals surface area contributed by atoms with Gasteiger partial charge in [-0.2, -0.15) is 5.26 Å². The fourth-order valence-corrected chi connectivity index (χ4v) is 4.25. The van der Waals surface area contributed by atoms with Gasteiger partial charge in [0, 0.05) is 6.04 Å². The summed E-state index contributed by atoms with van der Waals surface area (Å²) in [6.45, 7) is 0. The first-order valence-electron chi connectivity index (χ1n) is 7.16. The molecule has 3 aliphatic rings. The number of benzene rings is 1. The molecule has 4 rings (SSSR count). The molecular formula is C15H12Cl2N4O. The van der Waals surface area contributed by atoms with Crippen molar-refractivity contribution in [2.45, 2.75) is 31.3 Å². The highest BCUT2D eigenvalue weighted by Crippen LogP contribution is 2.47. The number of carbonyl (C=O) groups excluding carboxylic acids is 1. The van der Waals surface area contributed by atoms with E-state index in [2.05, 4.69) is 4.99 Å². The van der Waals surface area contributed by atoms with Crippen molar-refractivity contribution >= 4 is 40.8 Å². The molecule has 2 aliphatic heterocycles. The van der Waals surface area contributed by atoms with E-state index >= 15 is 0 Å². The van der Waals surface area contributed by atoms with Gasteiger partial charge < -0.3 is 4.90 Å². The first-order valence-corrected chi connectivity index (χ1v) is 7.91. The maximum atomic E-state index is 12.9. The minimum atomic E-state index is -0.194. The fraction of sp³-hybridized carbons (Fsp3) is 0.400. The Morgan fingerprint density at radius 1 is 1.27 bits per heavy atom. The SMILES string of the molecule is N#CN=C1N(c2ccc(Cl)c(Cl)c2)C(=O)[C@H]2[C@@H]3CC[C@@H](C3)N12. The molecule has 3 atom stereocenters. The molecule has 0 radical (unpaired) electrons. The molecule has 0 unspecified atom stereocenters. The van der Waals surface area contributed by atoms with E-state index in [1.54, 1.807) is 18.2 Å². The number of carbonyl (C=O) groups is 1. The molecule has 7 heteroatoms. The molecule has 1 aromatic carbocycles. The first-order chi connectivity index (χ1) is 10.6. The number of guanidine groups is 1. The largest absolute Gasteiger partial charge is 0.326 e. The molecule has 3 fully saturated rings. The second-order valence-corrected chi connectivity index (χ2v) is 6.68. The lowest BCUT2D eigenvalue weighted by Crippen LogP contribution is -2.41. The van der Waals surface area contributed by atoms with E-state index in [9.17, 15) is 4.79 Å². The van der Waals surface area contributed by atoms with E-state index in [4.69, 9.17) is 28.5 Å². The lowest BCUT2D eigenvalue weighted by Gasteiger charge is -2.28. The topological polar surface area (TPSA) is 59.7 Å². The van der Waals surface area contributed by atoms with Crippen molar-refractivity contribution in [1.82, 2.24) is 4.90 Å². The third-order valence-electron chi connectivity index (χ3n) is 4.80. The van der Waals surface area contributed by atoms with Gasteiger partial charge in [0.1, 0.15) is 6.04 Å². The van der Waals surface area contributed by atoms with Gasteiger partial charge in [0.2, 0.25) is 12.2 Å². The Morgan fingerprint density at radius 2 is 2.09 bits per heavy atom. The fourth-order valence-electron chi connectivity index (χ4n) is 3.96. The van der Waals surface area contributed by atoms with E-state index in [1.807, 2.05) is 11.1 Å². The minimum Gasteiger partial charge on any atom is -0.326 e. The standard InChI is InChI=1S/C15H12Cl2N4O/c16-11-4-3-10(6-12(11)17)21-14(22)13-8-1-2-9(5-8)20(13)15(21)19-7-18/h3-4,6,8-9,13H,1-2,5H2/t8-,9+,13-/m1/s1. The first kappa shape index (κ1) is 13.9. The van der Waals surface area contributed by atoms with Crippen molar-refractivity contribution in [1.29, 1.82) is 5.26 Å². The number of aliphatic imine (C=N–C) groups is 1. The molecule has 1 aromatic rings. The Morgan fingerprint density at radius 3 is 2.82 bits per heavy atom. The van der Waals surface area contributed by atoms with Crippen molar-refractivity contribution in [3.8, 4) is 6.19 Å². The smallest absolute Gasteiger partial charge is 0.257 e. The van der Waals surface area contributed by atoms with Gasteiger partial charge in [0.05, 0.1) is 15.7 Å². The summed E-state index contributed by atoms with van der Waals surface area (Å²) in [6, 6.07) is 5.12. The number of rotatable bonds is 1. The third kappa shape index (κ3) is 1.77. The van der Waals surface area contributed by atoms with Gasteiger partial charge in [0.25, 0.3) is 5.91 Å². The second kappa shape index (κ2) is 4.87. The molecule has 22 heavy (non-hydrogen) atoms. The van der Waals surface area contributed by atoms with Crippen molar-refractivity contribution in [3.63, 3.8) is 0 Å². The summed E-state index contributed by atoms with van der Waals surface area (Å²) < 4.78 is 0. The van der Waals surface area contributed by atoms with Crippen molar-refractivity contribution in [2.75, 3.05) is 4.90 Å². The maximum Gasteiger partial charge on any atom is 0.257 e. The number of amides is 1.